The zero-order valence-electron chi connectivity index (χ0n) is 16.5. The maximum absolute atomic E-state index is 12.7. The maximum Gasteiger partial charge on any atom is 0.352 e. The number of carboxylic acids is 1. The normalized spacial score (nSPS) is 20.0. The Morgan fingerprint density at radius 1 is 1.31 bits per heavy atom. The monoisotopic (exact) mass is 495 g/mol. The van der Waals surface area contributed by atoms with Gasteiger partial charge in [-0.1, -0.05) is 23.5 Å². The molecule has 0 aromatic carbocycles. The van der Waals surface area contributed by atoms with Crippen molar-refractivity contribution in [3.05, 3.63) is 23.4 Å². The molecule has 0 bridgehead atoms. The number of β-lactam (4-membered cyclic amide) rings is 1. The fourth-order valence-electron chi connectivity index (χ4n) is 3.05. The Balaban J connectivity index is 1.38. The molecule has 2 atom stereocenters. The predicted molar refractivity (Wildman–Crippen MR) is 116 cm³/mol. The van der Waals surface area contributed by atoms with Crippen LogP contribution in [0, 0.1) is 0 Å². The van der Waals surface area contributed by atoms with Gasteiger partial charge in [0, 0.05) is 18.6 Å². The molecule has 0 saturated carbocycles. The van der Waals surface area contributed by atoms with Gasteiger partial charge >= 0.3 is 5.97 Å². The number of rotatable bonds is 8. The fraction of sp³-hybridized carbons (Fsp3) is 0.375. The molecule has 0 spiro atoms. The molecule has 4 rings (SSSR count). The highest BCUT2D eigenvalue weighted by Gasteiger charge is 2.54. The molecule has 4 heterocycles. The first kappa shape index (κ1) is 22.3. The Hall–Kier alpha value is -2.85. The zero-order valence-corrected chi connectivity index (χ0v) is 19.0. The van der Waals surface area contributed by atoms with Crippen LogP contribution in [-0.4, -0.2) is 86.9 Å². The molecule has 0 radical (unpaired) electrons. The second-order valence-electron chi connectivity index (χ2n) is 6.67. The average Bonchev–Trinajstić information content (AvgIpc) is 3.19. The van der Waals surface area contributed by atoms with E-state index in [0.717, 1.165) is 11.8 Å². The van der Waals surface area contributed by atoms with E-state index in [4.69, 9.17) is 5.73 Å². The van der Waals surface area contributed by atoms with Crippen LogP contribution in [0.1, 0.15) is 0 Å². The zero-order chi connectivity index (χ0) is 22.8. The minimum absolute atomic E-state index is 0.0367. The molecule has 2 aliphatic heterocycles. The second kappa shape index (κ2) is 9.33. The predicted octanol–water partition coefficient (Wildman–Crippen LogP) is -0.795. The van der Waals surface area contributed by atoms with E-state index in [1.54, 1.807) is 19.2 Å². The Kier molecular flexibility index (Phi) is 6.52. The van der Waals surface area contributed by atoms with Crippen molar-refractivity contribution in [1.82, 2.24) is 40.6 Å². The minimum Gasteiger partial charge on any atom is -0.477 e. The third-order valence-electron chi connectivity index (χ3n) is 4.53. The Morgan fingerprint density at radius 3 is 2.78 bits per heavy atom. The van der Waals surface area contributed by atoms with Gasteiger partial charge in [0.2, 0.25) is 11.1 Å². The summed E-state index contributed by atoms with van der Waals surface area (Å²) < 4.78 is 1.48. The molecule has 1 saturated heterocycles. The van der Waals surface area contributed by atoms with Gasteiger partial charge in [-0.2, -0.15) is 0 Å². The highest BCUT2D eigenvalue weighted by molar-refractivity contribution is 8.01. The molecule has 1 unspecified atom stereocenters. The summed E-state index contributed by atoms with van der Waals surface area (Å²) in [5, 5.41) is 31.8. The van der Waals surface area contributed by atoms with Crippen molar-refractivity contribution in [3.8, 4) is 0 Å². The van der Waals surface area contributed by atoms with E-state index < -0.39 is 23.3 Å². The lowest BCUT2D eigenvalue weighted by atomic mass is 10.0. The average molecular weight is 496 g/mol. The van der Waals surface area contributed by atoms with Crippen LogP contribution < -0.4 is 11.1 Å². The number of aliphatic carboxylic acids is 1. The van der Waals surface area contributed by atoms with E-state index in [9.17, 15) is 19.5 Å². The number of tetrazole rings is 1. The number of hydrogen-bond acceptors (Lipinski definition) is 12. The van der Waals surface area contributed by atoms with Gasteiger partial charge in [-0.25, -0.2) is 9.48 Å². The van der Waals surface area contributed by atoms with Crippen LogP contribution in [0.3, 0.4) is 0 Å². The summed E-state index contributed by atoms with van der Waals surface area (Å²) in [6, 6.07) is 2.45. The lowest BCUT2D eigenvalue weighted by molar-refractivity contribution is -0.150. The standard InChI is InChI=1S/C16H17N9O4S3/c1-24-16(21-22-23-24)32-5-7-4-31-14-11(13(27)25(14)12(7)15(28)29)18-9(26)6-30-10-3-2-8(17)19-20-10/h2-3,11,14H,4-6H2,1H3,(H2,17,19)(H,18,26)(H,28,29)/t11?,14-/m1/s1. The van der Waals surface area contributed by atoms with Crippen LogP contribution in [0.4, 0.5) is 5.82 Å². The lowest BCUT2D eigenvalue weighted by Gasteiger charge is -2.49. The van der Waals surface area contributed by atoms with Crippen LogP contribution in [-0.2, 0) is 21.4 Å². The molecule has 2 aliphatic rings. The summed E-state index contributed by atoms with van der Waals surface area (Å²) in [6.07, 6.45) is 0. The summed E-state index contributed by atoms with van der Waals surface area (Å²) in [7, 11) is 1.69. The molecule has 32 heavy (non-hydrogen) atoms. The lowest BCUT2D eigenvalue weighted by Crippen LogP contribution is -2.70. The van der Waals surface area contributed by atoms with Crippen LogP contribution >= 0.6 is 35.3 Å². The highest BCUT2D eigenvalue weighted by atomic mass is 32.2. The SMILES string of the molecule is Cn1nnnc1SCC1=C(C(=O)O)N2C(=O)C(NC(=O)CSc3ccc(N)nn3)[C@H]2SC1. The van der Waals surface area contributed by atoms with Crippen LogP contribution in [0.15, 0.2) is 33.6 Å². The first-order valence-corrected chi connectivity index (χ1v) is 12.1. The number of carboxylic acid groups (broad SMARTS) is 1. The number of aromatic nitrogens is 6. The number of thioether (sulfide) groups is 3. The summed E-state index contributed by atoms with van der Waals surface area (Å²) in [5.41, 5.74) is 6.04. The molecular formula is C16H17N9O4S3. The van der Waals surface area contributed by atoms with E-state index in [0.29, 0.717) is 27.3 Å². The van der Waals surface area contributed by atoms with Gasteiger partial charge in [0.1, 0.15) is 28.0 Å². The molecule has 168 valence electrons. The van der Waals surface area contributed by atoms with Crippen molar-refractivity contribution >= 4 is 58.9 Å². The Labute approximate surface area is 193 Å². The maximum atomic E-state index is 12.7. The number of nitrogens with zero attached hydrogens (tertiary/aromatic N) is 7. The summed E-state index contributed by atoms with van der Waals surface area (Å²) in [6.45, 7) is 0. The molecule has 2 aromatic rings. The van der Waals surface area contributed by atoms with E-state index in [1.165, 1.54) is 33.1 Å². The second-order valence-corrected chi connectivity index (χ2v) is 9.71. The number of nitrogens with two attached hydrogens (primary N) is 1. The largest absolute Gasteiger partial charge is 0.477 e. The first-order chi connectivity index (χ1) is 15.3. The first-order valence-electron chi connectivity index (χ1n) is 9.11. The van der Waals surface area contributed by atoms with Crippen LogP contribution in [0.25, 0.3) is 0 Å². The summed E-state index contributed by atoms with van der Waals surface area (Å²) in [5.74, 6) is -0.933. The molecule has 2 aromatic heterocycles. The van der Waals surface area contributed by atoms with Gasteiger partial charge < -0.3 is 16.2 Å². The summed E-state index contributed by atoms with van der Waals surface area (Å²) in [4.78, 5) is 38.2. The van der Waals surface area contributed by atoms with Gasteiger partial charge in [0.05, 0.1) is 5.75 Å². The molecule has 13 nitrogen and oxygen atoms in total. The molecule has 16 heteroatoms. The van der Waals surface area contributed by atoms with Crippen LogP contribution in [0.2, 0.25) is 0 Å². The van der Waals surface area contributed by atoms with E-state index >= 15 is 0 Å². The third kappa shape index (κ3) is 4.51. The number of carbonyl (C=O) groups is 3. The molecule has 0 aliphatic carbocycles. The number of nitrogen functional groups attached to an aromatic ring is 1. The van der Waals surface area contributed by atoms with Gasteiger partial charge in [0.15, 0.2) is 0 Å². The topological polar surface area (TPSA) is 182 Å². The van der Waals surface area contributed by atoms with E-state index in [1.807, 2.05) is 0 Å². The van der Waals surface area contributed by atoms with Gasteiger partial charge in [-0.3, -0.25) is 14.5 Å². The smallest absolute Gasteiger partial charge is 0.352 e. The van der Waals surface area contributed by atoms with Crippen molar-refractivity contribution in [1.29, 1.82) is 0 Å². The van der Waals surface area contributed by atoms with E-state index in [-0.39, 0.29) is 23.2 Å². The quantitative estimate of drug-likeness (QED) is 0.306. The number of fused-ring (bicyclic) bond motifs is 1. The molecule has 1 fully saturated rings. The van der Waals surface area contributed by atoms with Crippen molar-refractivity contribution in [2.24, 2.45) is 7.05 Å². The molecule has 2 amide bonds. The van der Waals surface area contributed by atoms with Crippen molar-refractivity contribution in [2.75, 3.05) is 23.0 Å². The molecule has 4 N–H and O–H groups in total. The van der Waals surface area contributed by atoms with Crippen molar-refractivity contribution in [3.63, 3.8) is 0 Å². The van der Waals surface area contributed by atoms with Gasteiger partial charge in [-0.15, -0.1) is 27.1 Å². The minimum atomic E-state index is -1.18. The number of anilines is 1. The number of carbonyl (C=O) groups excluding carboxylic acids is 2. The fourth-order valence-corrected chi connectivity index (χ4v) is 6.01. The number of aryl methyl sites for hydroxylation is 1. The Bertz CT molecular complexity index is 1090. The number of nitrogens with one attached hydrogen (secondary N) is 1. The van der Waals surface area contributed by atoms with E-state index in [2.05, 4.69) is 31.0 Å². The van der Waals surface area contributed by atoms with Gasteiger partial charge in [-0.05, 0) is 28.1 Å². The number of hydrogen-bond donors (Lipinski definition) is 3. The number of amides is 2. The third-order valence-corrected chi connectivity index (χ3v) is 7.89. The summed E-state index contributed by atoms with van der Waals surface area (Å²) >= 11 is 3.86. The highest BCUT2D eigenvalue weighted by Crippen LogP contribution is 2.41. The Morgan fingerprint density at radius 2 is 2.12 bits per heavy atom. The van der Waals surface area contributed by atoms with Crippen molar-refractivity contribution < 1.29 is 19.5 Å². The van der Waals surface area contributed by atoms with Gasteiger partial charge in [0.25, 0.3) is 5.91 Å². The molecular weight excluding hydrogens is 478 g/mol. The van der Waals surface area contributed by atoms with Crippen LogP contribution in [0.5, 0.6) is 0 Å². The van der Waals surface area contributed by atoms with Crippen molar-refractivity contribution in [2.45, 2.75) is 21.6 Å².